The number of sulfonamides is 1. The molecule has 0 saturated heterocycles. The average Bonchev–Trinajstić information content (AvgIpc) is 2.74. The van der Waals surface area contributed by atoms with E-state index in [0.717, 1.165) is 29.3 Å². The van der Waals surface area contributed by atoms with Crippen molar-refractivity contribution in [1.82, 2.24) is 4.72 Å². The van der Waals surface area contributed by atoms with Gasteiger partial charge in [0, 0.05) is 0 Å². The van der Waals surface area contributed by atoms with Gasteiger partial charge in [0.2, 0.25) is 10.0 Å². The SMILES string of the molecule is C=C(c1ccccc1)C(CO[Si](CC)(CC)CC)NS(=O)(=O)c1ccc(C)cc1. The van der Waals surface area contributed by atoms with Crippen molar-refractivity contribution in [2.45, 2.75) is 56.8 Å². The lowest BCUT2D eigenvalue weighted by molar-refractivity contribution is 0.285. The van der Waals surface area contributed by atoms with E-state index in [2.05, 4.69) is 32.1 Å². The highest BCUT2D eigenvalue weighted by molar-refractivity contribution is 7.89. The van der Waals surface area contributed by atoms with E-state index in [1.165, 1.54) is 0 Å². The molecule has 158 valence electrons. The second-order valence-corrected chi connectivity index (χ2v) is 13.9. The van der Waals surface area contributed by atoms with Gasteiger partial charge in [0.1, 0.15) is 0 Å². The lowest BCUT2D eigenvalue weighted by atomic mass is 10.0. The van der Waals surface area contributed by atoms with Crippen molar-refractivity contribution < 1.29 is 12.8 Å². The first-order chi connectivity index (χ1) is 13.8. The van der Waals surface area contributed by atoms with E-state index in [0.29, 0.717) is 12.2 Å². The van der Waals surface area contributed by atoms with Crippen molar-refractivity contribution in [2.24, 2.45) is 0 Å². The van der Waals surface area contributed by atoms with Gasteiger partial charge in [-0.05, 0) is 48.3 Å². The fourth-order valence-corrected chi connectivity index (χ4v) is 7.20. The third-order valence-corrected chi connectivity index (χ3v) is 11.8. The Hall–Kier alpha value is -1.73. The molecule has 0 amide bonds. The topological polar surface area (TPSA) is 55.4 Å². The maximum Gasteiger partial charge on any atom is 0.241 e. The van der Waals surface area contributed by atoms with E-state index >= 15 is 0 Å². The van der Waals surface area contributed by atoms with Crippen LogP contribution in [0.3, 0.4) is 0 Å². The van der Waals surface area contributed by atoms with E-state index < -0.39 is 24.4 Å². The standard InChI is InChI=1S/C23H33NO3SSi/c1-6-29(7-2,8-3)27-18-23(20(5)21-12-10-9-11-13-21)24-28(25,26)22-16-14-19(4)15-17-22/h9-17,23-24H,5-8,18H2,1-4H3. The third kappa shape index (κ3) is 6.12. The molecule has 0 bridgehead atoms. The maximum atomic E-state index is 13.0. The Morgan fingerprint density at radius 2 is 1.55 bits per heavy atom. The van der Waals surface area contributed by atoms with Crippen LogP contribution in [0.1, 0.15) is 31.9 Å². The molecule has 1 unspecified atom stereocenters. The van der Waals surface area contributed by atoms with Gasteiger partial charge in [0.25, 0.3) is 0 Å². The molecule has 0 heterocycles. The predicted molar refractivity (Wildman–Crippen MR) is 124 cm³/mol. The summed E-state index contributed by atoms with van der Waals surface area (Å²) in [6.07, 6.45) is 0. The Morgan fingerprint density at radius 1 is 1.00 bits per heavy atom. The van der Waals surface area contributed by atoms with Gasteiger partial charge >= 0.3 is 0 Å². The van der Waals surface area contributed by atoms with E-state index in [4.69, 9.17) is 4.43 Å². The molecule has 0 spiro atoms. The first-order valence-corrected chi connectivity index (χ1v) is 14.3. The average molecular weight is 432 g/mol. The van der Waals surface area contributed by atoms with Gasteiger partial charge < -0.3 is 4.43 Å². The van der Waals surface area contributed by atoms with Crippen LogP contribution in [0.15, 0.2) is 66.1 Å². The van der Waals surface area contributed by atoms with Crippen LogP contribution in [0.5, 0.6) is 0 Å². The lowest BCUT2D eigenvalue weighted by Gasteiger charge is -2.31. The molecule has 0 aliphatic heterocycles. The molecule has 0 aromatic heterocycles. The van der Waals surface area contributed by atoms with Crippen molar-refractivity contribution in [2.75, 3.05) is 6.61 Å². The Balaban J connectivity index is 2.31. The number of aryl methyl sites for hydroxylation is 1. The third-order valence-electron chi connectivity index (χ3n) is 5.68. The number of hydrogen-bond acceptors (Lipinski definition) is 3. The van der Waals surface area contributed by atoms with Crippen LogP contribution in [0, 0.1) is 6.92 Å². The lowest BCUT2D eigenvalue weighted by Crippen LogP contribution is -2.44. The van der Waals surface area contributed by atoms with Gasteiger partial charge in [-0.25, -0.2) is 13.1 Å². The molecule has 0 aliphatic carbocycles. The van der Waals surface area contributed by atoms with Crippen LogP contribution in [0.2, 0.25) is 18.1 Å². The van der Waals surface area contributed by atoms with Gasteiger partial charge in [0.15, 0.2) is 8.32 Å². The molecule has 2 rings (SSSR count). The van der Waals surface area contributed by atoms with Crippen molar-refractivity contribution in [1.29, 1.82) is 0 Å². The molecular formula is C23H33NO3SSi. The molecule has 0 radical (unpaired) electrons. The zero-order chi connectivity index (χ0) is 21.5. The molecule has 4 nitrogen and oxygen atoms in total. The molecule has 2 aromatic carbocycles. The van der Waals surface area contributed by atoms with Gasteiger partial charge in [-0.15, -0.1) is 0 Å². The van der Waals surface area contributed by atoms with Crippen LogP contribution >= 0.6 is 0 Å². The van der Waals surface area contributed by atoms with E-state index in [1.54, 1.807) is 24.3 Å². The van der Waals surface area contributed by atoms with Crippen LogP contribution < -0.4 is 4.72 Å². The van der Waals surface area contributed by atoms with Gasteiger partial charge in [-0.2, -0.15) is 0 Å². The zero-order valence-electron chi connectivity index (χ0n) is 17.9. The zero-order valence-corrected chi connectivity index (χ0v) is 19.8. The Morgan fingerprint density at radius 3 is 2.07 bits per heavy atom. The molecule has 0 aliphatic rings. The van der Waals surface area contributed by atoms with E-state index in [-0.39, 0.29) is 4.90 Å². The van der Waals surface area contributed by atoms with Crippen LogP contribution in [0.4, 0.5) is 0 Å². The van der Waals surface area contributed by atoms with Crippen molar-refractivity contribution in [3.63, 3.8) is 0 Å². The Bertz CT molecular complexity index is 883. The monoisotopic (exact) mass is 431 g/mol. The molecule has 2 aromatic rings. The van der Waals surface area contributed by atoms with Crippen LogP contribution in [-0.4, -0.2) is 29.4 Å². The van der Waals surface area contributed by atoms with Gasteiger partial charge in [-0.3, -0.25) is 0 Å². The summed E-state index contributed by atoms with van der Waals surface area (Å²) in [5.41, 5.74) is 2.64. The molecule has 29 heavy (non-hydrogen) atoms. The normalized spacial score (nSPS) is 13.2. The number of hydrogen-bond donors (Lipinski definition) is 1. The highest BCUT2D eigenvalue weighted by atomic mass is 32.2. The Labute approximate surface area is 177 Å². The highest BCUT2D eigenvalue weighted by Crippen LogP contribution is 2.25. The summed E-state index contributed by atoms with van der Waals surface area (Å²) in [5, 5.41) is 0. The van der Waals surface area contributed by atoms with E-state index in [1.807, 2.05) is 37.3 Å². The predicted octanol–water partition coefficient (Wildman–Crippen LogP) is 5.38. The second kappa shape index (κ2) is 10.3. The largest absolute Gasteiger partial charge is 0.415 e. The summed E-state index contributed by atoms with van der Waals surface area (Å²) in [4.78, 5) is 0.249. The maximum absolute atomic E-state index is 13.0. The van der Waals surface area contributed by atoms with Crippen molar-refractivity contribution in [3.05, 3.63) is 72.3 Å². The number of nitrogens with one attached hydrogen (secondary N) is 1. The van der Waals surface area contributed by atoms with E-state index in [9.17, 15) is 8.42 Å². The molecule has 0 saturated carbocycles. The summed E-state index contributed by atoms with van der Waals surface area (Å²) in [5.74, 6) is 0. The minimum atomic E-state index is -3.69. The fraction of sp³-hybridized carbons (Fsp3) is 0.391. The smallest absolute Gasteiger partial charge is 0.241 e. The van der Waals surface area contributed by atoms with Crippen LogP contribution in [-0.2, 0) is 14.4 Å². The quantitative estimate of drug-likeness (QED) is 0.486. The highest BCUT2D eigenvalue weighted by Gasteiger charge is 2.31. The number of benzene rings is 2. The number of rotatable bonds is 11. The summed E-state index contributed by atoms with van der Waals surface area (Å²) in [6, 6.07) is 19.0. The molecule has 0 fully saturated rings. The molecule has 1 atom stereocenters. The summed E-state index contributed by atoms with van der Waals surface area (Å²) >= 11 is 0. The first-order valence-electron chi connectivity index (χ1n) is 10.2. The molecule has 1 N–H and O–H groups in total. The van der Waals surface area contributed by atoms with Crippen LogP contribution in [0.25, 0.3) is 5.57 Å². The minimum Gasteiger partial charge on any atom is -0.415 e. The summed E-state index contributed by atoms with van der Waals surface area (Å²) < 4.78 is 35.3. The van der Waals surface area contributed by atoms with Gasteiger partial charge in [-0.1, -0.05) is 75.4 Å². The van der Waals surface area contributed by atoms with Gasteiger partial charge in [0.05, 0.1) is 17.5 Å². The second-order valence-electron chi connectivity index (χ2n) is 7.43. The fourth-order valence-electron chi connectivity index (χ4n) is 3.35. The summed E-state index contributed by atoms with van der Waals surface area (Å²) in [6.45, 7) is 12.9. The molecular weight excluding hydrogens is 398 g/mol. The van der Waals surface area contributed by atoms with Crippen molar-refractivity contribution >= 4 is 23.9 Å². The first kappa shape index (κ1) is 23.5. The minimum absolute atomic E-state index is 0.249. The molecule has 6 heteroatoms. The summed E-state index contributed by atoms with van der Waals surface area (Å²) in [7, 11) is -5.56. The Kier molecular flexibility index (Phi) is 8.40. The van der Waals surface area contributed by atoms with Crippen molar-refractivity contribution in [3.8, 4) is 0 Å².